The zero-order chi connectivity index (χ0) is 12.8. The predicted octanol–water partition coefficient (Wildman–Crippen LogP) is 5.32. The molecule has 1 heteroatoms. The average molecular weight is 242 g/mol. The minimum absolute atomic E-state index is 0.382. The highest BCUT2D eigenvalue weighted by atomic mass is 16.3. The molecule has 0 unspecified atom stereocenters. The van der Waals surface area contributed by atoms with Crippen molar-refractivity contribution in [3.05, 3.63) is 0 Å². The van der Waals surface area contributed by atoms with E-state index >= 15 is 0 Å². The summed E-state index contributed by atoms with van der Waals surface area (Å²) in [6.45, 7) is 4.91. The maximum atomic E-state index is 9.08. The van der Waals surface area contributed by atoms with Crippen LogP contribution in [0.5, 0.6) is 0 Å². The van der Waals surface area contributed by atoms with Gasteiger partial charge in [-0.05, 0) is 12.3 Å². The lowest BCUT2D eigenvalue weighted by Crippen LogP contribution is -2.03. The van der Waals surface area contributed by atoms with E-state index in [0.717, 1.165) is 12.3 Å². The fourth-order valence-electron chi connectivity index (χ4n) is 2.51. The molecule has 0 aromatic carbocycles. The second-order valence-corrected chi connectivity index (χ2v) is 5.43. The van der Waals surface area contributed by atoms with Crippen molar-refractivity contribution in [3.8, 4) is 0 Å². The van der Waals surface area contributed by atoms with E-state index in [1.165, 1.54) is 70.6 Å². The molecule has 0 heterocycles. The second-order valence-electron chi connectivity index (χ2n) is 5.43. The Balaban J connectivity index is 3.45. The van der Waals surface area contributed by atoms with Gasteiger partial charge in [0, 0.05) is 6.61 Å². The van der Waals surface area contributed by atoms with E-state index in [9.17, 15) is 0 Å². The third kappa shape index (κ3) is 12.2. The Morgan fingerprint density at radius 1 is 0.647 bits per heavy atom. The molecule has 1 N–H and O–H groups in total. The maximum Gasteiger partial charge on any atom is 0.0433 e. The van der Waals surface area contributed by atoms with Gasteiger partial charge in [-0.25, -0.2) is 0 Å². The van der Waals surface area contributed by atoms with Gasteiger partial charge in [-0.1, -0.05) is 84.5 Å². The van der Waals surface area contributed by atoms with Gasteiger partial charge in [-0.2, -0.15) is 0 Å². The van der Waals surface area contributed by atoms with Crippen molar-refractivity contribution in [2.45, 2.75) is 90.9 Å². The van der Waals surface area contributed by atoms with Crippen molar-refractivity contribution in [3.63, 3.8) is 0 Å². The van der Waals surface area contributed by atoms with Gasteiger partial charge in [-0.15, -0.1) is 0 Å². The Morgan fingerprint density at radius 2 is 1.12 bits per heavy atom. The van der Waals surface area contributed by atoms with Crippen LogP contribution in [0.1, 0.15) is 90.9 Å². The number of hydrogen-bond donors (Lipinski definition) is 1. The van der Waals surface area contributed by atoms with Crippen LogP contribution in [0.25, 0.3) is 0 Å². The van der Waals surface area contributed by atoms with E-state index in [1.807, 2.05) is 0 Å². The van der Waals surface area contributed by atoms with E-state index < -0.39 is 0 Å². The molecule has 0 aliphatic rings. The van der Waals surface area contributed by atoms with Crippen LogP contribution in [0.4, 0.5) is 0 Å². The summed E-state index contributed by atoms with van der Waals surface area (Å²) in [6, 6.07) is 0. The molecule has 0 fully saturated rings. The first-order chi connectivity index (χ1) is 8.35. The molecule has 0 aromatic rings. The summed E-state index contributed by atoms with van der Waals surface area (Å²) < 4.78 is 0. The molecule has 0 aliphatic carbocycles. The summed E-state index contributed by atoms with van der Waals surface area (Å²) >= 11 is 0. The van der Waals surface area contributed by atoms with Crippen LogP contribution in [0.3, 0.4) is 0 Å². The van der Waals surface area contributed by atoms with E-state index in [4.69, 9.17) is 5.11 Å². The topological polar surface area (TPSA) is 20.2 Å². The smallest absolute Gasteiger partial charge is 0.0433 e. The van der Waals surface area contributed by atoms with Gasteiger partial charge < -0.3 is 5.11 Å². The first kappa shape index (κ1) is 17.0. The first-order valence-electron chi connectivity index (χ1n) is 7.96. The molecule has 0 saturated carbocycles. The van der Waals surface area contributed by atoms with Crippen LogP contribution >= 0.6 is 0 Å². The highest BCUT2D eigenvalue weighted by molar-refractivity contribution is 4.60. The largest absolute Gasteiger partial charge is 0.396 e. The third-order valence-electron chi connectivity index (χ3n) is 3.72. The first-order valence-corrected chi connectivity index (χ1v) is 7.96. The van der Waals surface area contributed by atoms with E-state index in [1.54, 1.807) is 0 Å². The molecule has 1 atom stereocenters. The Bertz CT molecular complexity index is 133. The summed E-state index contributed by atoms with van der Waals surface area (Å²) in [5, 5.41) is 9.08. The van der Waals surface area contributed by atoms with Crippen LogP contribution in [0.15, 0.2) is 0 Å². The average Bonchev–Trinajstić information content (AvgIpc) is 2.34. The van der Waals surface area contributed by atoms with Crippen LogP contribution in [-0.2, 0) is 0 Å². The predicted molar refractivity (Wildman–Crippen MR) is 77.3 cm³/mol. The lowest BCUT2D eigenvalue weighted by molar-refractivity contribution is 0.241. The molecule has 0 rings (SSSR count). The molecule has 0 bridgehead atoms. The molecule has 17 heavy (non-hydrogen) atoms. The SMILES string of the molecule is CCCCCCC[C@@H](CCO)CCCCCC. The van der Waals surface area contributed by atoms with Crippen LogP contribution in [0.2, 0.25) is 0 Å². The fraction of sp³-hybridized carbons (Fsp3) is 1.00. The van der Waals surface area contributed by atoms with Crippen LogP contribution < -0.4 is 0 Å². The van der Waals surface area contributed by atoms with Gasteiger partial charge in [-0.3, -0.25) is 0 Å². The van der Waals surface area contributed by atoms with Gasteiger partial charge in [0.05, 0.1) is 0 Å². The van der Waals surface area contributed by atoms with Crippen LogP contribution in [0, 0.1) is 5.92 Å². The second kappa shape index (κ2) is 14.0. The van der Waals surface area contributed by atoms with Crippen LogP contribution in [-0.4, -0.2) is 11.7 Å². The number of rotatable bonds is 13. The van der Waals surface area contributed by atoms with Gasteiger partial charge in [0.15, 0.2) is 0 Å². The lowest BCUT2D eigenvalue weighted by Gasteiger charge is -2.15. The third-order valence-corrected chi connectivity index (χ3v) is 3.72. The van der Waals surface area contributed by atoms with Crippen molar-refractivity contribution in [2.24, 2.45) is 5.92 Å². The molecule has 0 radical (unpaired) electrons. The fourth-order valence-corrected chi connectivity index (χ4v) is 2.51. The quantitative estimate of drug-likeness (QED) is 0.434. The molecule has 0 saturated heterocycles. The molecule has 1 nitrogen and oxygen atoms in total. The molecular formula is C16H34O. The standard InChI is InChI=1S/C16H34O/c1-3-5-7-9-11-13-16(14-15-17)12-10-8-6-4-2/h16-17H,3-15H2,1-2H3/t16-/m0/s1. The van der Waals surface area contributed by atoms with E-state index in [-0.39, 0.29) is 0 Å². The van der Waals surface area contributed by atoms with E-state index in [2.05, 4.69) is 13.8 Å². The highest BCUT2D eigenvalue weighted by Gasteiger charge is 2.07. The van der Waals surface area contributed by atoms with Gasteiger partial charge >= 0.3 is 0 Å². The minimum atomic E-state index is 0.382. The van der Waals surface area contributed by atoms with Gasteiger partial charge in [0.1, 0.15) is 0 Å². The molecule has 0 aromatic heterocycles. The number of aliphatic hydroxyl groups is 1. The van der Waals surface area contributed by atoms with Crippen molar-refractivity contribution < 1.29 is 5.11 Å². The Kier molecular flexibility index (Phi) is 14.0. The molecule has 0 spiro atoms. The maximum absolute atomic E-state index is 9.08. The molecular weight excluding hydrogens is 208 g/mol. The Labute approximate surface area is 109 Å². The van der Waals surface area contributed by atoms with Crippen molar-refractivity contribution in [1.82, 2.24) is 0 Å². The highest BCUT2D eigenvalue weighted by Crippen LogP contribution is 2.21. The lowest BCUT2D eigenvalue weighted by atomic mass is 9.92. The monoisotopic (exact) mass is 242 g/mol. The summed E-state index contributed by atoms with van der Waals surface area (Å²) in [6.07, 6.45) is 16.1. The normalized spacial score (nSPS) is 12.9. The molecule has 104 valence electrons. The van der Waals surface area contributed by atoms with Crippen molar-refractivity contribution >= 4 is 0 Å². The summed E-state index contributed by atoms with van der Waals surface area (Å²) in [4.78, 5) is 0. The summed E-state index contributed by atoms with van der Waals surface area (Å²) in [5.41, 5.74) is 0. The molecule has 0 amide bonds. The summed E-state index contributed by atoms with van der Waals surface area (Å²) in [5.74, 6) is 0.790. The number of hydrogen-bond acceptors (Lipinski definition) is 1. The van der Waals surface area contributed by atoms with E-state index in [0.29, 0.717) is 6.61 Å². The Hall–Kier alpha value is -0.0400. The summed E-state index contributed by atoms with van der Waals surface area (Å²) in [7, 11) is 0. The van der Waals surface area contributed by atoms with Gasteiger partial charge in [0.25, 0.3) is 0 Å². The zero-order valence-corrected chi connectivity index (χ0v) is 12.2. The minimum Gasteiger partial charge on any atom is -0.396 e. The van der Waals surface area contributed by atoms with Crippen molar-refractivity contribution in [1.29, 1.82) is 0 Å². The van der Waals surface area contributed by atoms with Gasteiger partial charge in [0.2, 0.25) is 0 Å². The zero-order valence-electron chi connectivity index (χ0n) is 12.2. The van der Waals surface area contributed by atoms with Crippen molar-refractivity contribution in [2.75, 3.05) is 6.61 Å². The Morgan fingerprint density at radius 3 is 1.59 bits per heavy atom. The number of aliphatic hydroxyl groups excluding tert-OH is 1. The molecule has 0 aliphatic heterocycles. The number of unbranched alkanes of at least 4 members (excludes halogenated alkanes) is 7.